The van der Waals surface area contributed by atoms with E-state index in [0.717, 1.165) is 37.4 Å². The van der Waals surface area contributed by atoms with Crippen LogP contribution in [0.15, 0.2) is 43.0 Å². The monoisotopic (exact) mass is 693 g/mol. The fraction of sp³-hybridized carbons (Fsp3) is 0.727. The van der Waals surface area contributed by atoms with E-state index >= 15 is 0 Å². The third-order valence-electron chi connectivity index (χ3n) is 14.8. The van der Waals surface area contributed by atoms with Gasteiger partial charge in [-0.25, -0.2) is 4.79 Å². The number of carbonyl (C=O) groups is 2. The lowest BCUT2D eigenvalue weighted by molar-refractivity contribution is -0.221. The highest BCUT2D eigenvalue weighted by Crippen LogP contribution is 2.77. The molecule has 5 aliphatic carbocycles. The summed E-state index contributed by atoms with van der Waals surface area (Å²) in [5, 5.41) is 19.5. The van der Waals surface area contributed by atoms with Crippen LogP contribution < -0.4 is 5.32 Å². The topological polar surface area (TPSA) is 89.9 Å². The van der Waals surface area contributed by atoms with Gasteiger partial charge in [0, 0.05) is 19.6 Å². The molecule has 0 bridgehead atoms. The van der Waals surface area contributed by atoms with Gasteiger partial charge in [-0.1, -0.05) is 86.1 Å². The molecule has 6 unspecified atom stereocenters. The summed E-state index contributed by atoms with van der Waals surface area (Å²) in [6.07, 6.45) is 18.5. The van der Waals surface area contributed by atoms with Crippen molar-refractivity contribution in [1.82, 2.24) is 10.2 Å². The van der Waals surface area contributed by atoms with Crippen molar-refractivity contribution >= 4 is 18.0 Å². The smallest absolute Gasteiger partial charge is 0.335 e. The summed E-state index contributed by atoms with van der Waals surface area (Å²) in [5.41, 5.74) is 5.00. The van der Waals surface area contributed by atoms with Crippen LogP contribution in [0.4, 0.5) is 0 Å². The Morgan fingerprint density at radius 3 is 2.12 bits per heavy atom. The van der Waals surface area contributed by atoms with Crippen molar-refractivity contribution < 1.29 is 19.8 Å². The fourth-order valence-electron chi connectivity index (χ4n) is 12.3. The van der Waals surface area contributed by atoms with Crippen molar-refractivity contribution in [1.29, 1.82) is 0 Å². The van der Waals surface area contributed by atoms with Crippen LogP contribution in [0, 0.1) is 50.7 Å². The number of carboxylic acid groups (broad SMARTS) is 2. The van der Waals surface area contributed by atoms with Gasteiger partial charge in [0.15, 0.2) is 0 Å². The predicted molar refractivity (Wildman–Crippen MR) is 209 cm³/mol. The Kier molecular flexibility index (Phi) is 14.2. The van der Waals surface area contributed by atoms with Gasteiger partial charge in [0.25, 0.3) is 6.47 Å². The number of carboxylic acids is 1. The first kappa shape index (κ1) is 42.0. The van der Waals surface area contributed by atoms with Gasteiger partial charge in [0.05, 0.1) is 5.56 Å². The van der Waals surface area contributed by atoms with Crippen LogP contribution in [-0.4, -0.2) is 61.3 Å². The van der Waals surface area contributed by atoms with Gasteiger partial charge >= 0.3 is 5.97 Å². The molecule has 0 heterocycles. The van der Waals surface area contributed by atoms with Crippen LogP contribution in [0.5, 0.6) is 0 Å². The number of nitrogens with one attached hydrogen (secondary N) is 1. The summed E-state index contributed by atoms with van der Waals surface area (Å²) in [7, 11) is 4.13. The van der Waals surface area contributed by atoms with Crippen LogP contribution in [-0.2, 0) is 4.79 Å². The number of aromatic carboxylic acids is 1. The zero-order chi connectivity index (χ0) is 37.5. The van der Waals surface area contributed by atoms with E-state index in [1.807, 2.05) is 32.1 Å². The Bertz CT molecular complexity index is 1320. The molecule has 4 fully saturated rings. The maximum atomic E-state index is 11.4. The number of rotatable bonds is 7. The average molecular weight is 693 g/mol. The van der Waals surface area contributed by atoms with Gasteiger partial charge in [0.2, 0.25) is 0 Å². The molecule has 1 aromatic carbocycles. The lowest BCUT2D eigenvalue weighted by atomic mass is 9.33. The molecule has 0 aromatic heterocycles. The molecule has 0 amide bonds. The Balaban J connectivity index is 0.000000414. The molecule has 282 valence electrons. The van der Waals surface area contributed by atoms with Crippen LogP contribution in [0.25, 0.3) is 5.57 Å². The fourth-order valence-corrected chi connectivity index (χ4v) is 12.3. The summed E-state index contributed by atoms with van der Waals surface area (Å²) < 4.78 is 0. The standard InChI is InChI=1S/C34H48O2.C7H16N2.C2H6.CH2O2/c1-30(2)24(22-9-11-23(12-10-22)29(35)36)15-18-32(4)27(30)16-19-34(6)28(32)14-13-26-25-8-7-17-31(25,3)20-21-33(26,34)5;1-4-5-8-6-7-9(2)3;1-2;2-1-3/h9-12,15,25-28H,7-8,13-14,16-21H2,1-6H3,(H,35,36);4,8H,1,5-7H2,2-3H3;1-2H3;1H,(H,2,3)/t25-,26?,27?,28?,31?,32?,33-,34?;;;/m1.../s1. The van der Waals surface area contributed by atoms with Crippen molar-refractivity contribution in [3.63, 3.8) is 0 Å². The molecule has 4 saturated carbocycles. The van der Waals surface area contributed by atoms with Gasteiger partial charge in [-0.3, -0.25) is 4.79 Å². The zero-order valence-corrected chi connectivity index (χ0v) is 33.4. The van der Waals surface area contributed by atoms with Crippen molar-refractivity contribution in [2.24, 2.45) is 50.7 Å². The molecule has 3 N–H and O–H groups in total. The molecule has 1 aromatic rings. The molecule has 0 aliphatic heterocycles. The molecule has 6 nitrogen and oxygen atoms in total. The predicted octanol–water partition coefficient (Wildman–Crippen LogP) is 10.3. The van der Waals surface area contributed by atoms with E-state index in [9.17, 15) is 9.90 Å². The molecule has 0 saturated heterocycles. The summed E-state index contributed by atoms with van der Waals surface area (Å²) in [6.45, 7) is 26.1. The number of likely N-dealkylation sites (N-methyl/N-ethyl adjacent to an activating group) is 1. The average Bonchev–Trinajstić information content (AvgIpc) is 3.46. The molecule has 0 radical (unpaired) electrons. The van der Waals surface area contributed by atoms with Crippen LogP contribution in [0.2, 0.25) is 0 Å². The van der Waals surface area contributed by atoms with E-state index in [-0.39, 0.29) is 11.9 Å². The molecule has 5 aliphatic rings. The Morgan fingerprint density at radius 2 is 1.54 bits per heavy atom. The lowest BCUT2D eigenvalue weighted by Crippen LogP contribution is -2.64. The lowest BCUT2D eigenvalue weighted by Gasteiger charge is -2.72. The maximum absolute atomic E-state index is 11.4. The minimum absolute atomic E-state index is 0.0907. The third kappa shape index (κ3) is 7.82. The summed E-state index contributed by atoms with van der Waals surface area (Å²) in [6, 6.07) is 7.64. The Hall–Kier alpha value is -2.44. The van der Waals surface area contributed by atoms with Crippen molar-refractivity contribution in [2.45, 2.75) is 120 Å². The largest absolute Gasteiger partial charge is 0.483 e. The first-order valence-corrected chi connectivity index (χ1v) is 19.6. The maximum Gasteiger partial charge on any atom is 0.335 e. The van der Waals surface area contributed by atoms with Crippen molar-refractivity contribution in [3.8, 4) is 0 Å². The molecule has 8 atom stereocenters. The van der Waals surface area contributed by atoms with E-state index in [2.05, 4.69) is 78.5 Å². The number of allylic oxidation sites excluding steroid dienone is 2. The van der Waals surface area contributed by atoms with Crippen molar-refractivity contribution in [2.75, 3.05) is 33.7 Å². The molecule has 50 heavy (non-hydrogen) atoms. The molecular weight excluding hydrogens is 620 g/mol. The normalized spacial score (nSPS) is 36.1. The van der Waals surface area contributed by atoms with E-state index < -0.39 is 5.97 Å². The van der Waals surface area contributed by atoms with Gasteiger partial charge < -0.3 is 20.4 Å². The minimum atomic E-state index is -0.845. The van der Waals surface area contributed by atoms with Gasteiger partial charge in [-0.15, -0.1) is 6.58 Å². The second kappa shape index (κ2) is 16.9. The SMILES string of the molecule is C=CCNCCN(C)C.CC.CC1(C)C(c2ccc(C(=O)O)cc2)=CCC2(C)C1CCC1(C)C2CCC2[C@H]3CCCC3(C)CC[C@]21C.O=CO. The van der Waals surface area contributed by atoms with Gasteiger partial charge in [-0.2, -0.15) is 0 Å². The van der Waals surface area contributed by atoms with Crippen LogP contribution in [0.3, 0.4) is 0 Å². The van der Waals surface area contributed by atoms with E-state index in [1.54, 1.807) is 12.1 Å². The number of nitrogens with zero attached hydrogens (tertiary/aromatic N) is 1. The first-order valence-electron chi connectivity index (χ1n) is 19.6. The van der Waals surface area contributed by atoms with E-state index in [4.69, 9.17) is 9.90 Å². The highest BCUT2D eigenvalue weighted by Gasteiger charge is 2.68. The Labute approximate surface area is 305 Å². The third-order valence-corrected chi connectivity index (χ3v) is 14.8. The highest BCUT2D eigenvalue weighted by molar-refractivity contribution is 5.88. The van der Waals surface area contributed by atoms with Crippen LogP contribution >= 0.6 is 0 Å². The molecule has 6 heteroatoms. The first-order chi connectivity index (χ1) is 23.6. The second-order valence-electron chi connectivity index (χ2n) is 17.6. The van der Waals surface area contributed by atoms with E-state index in [1.165, 1.54) is 75.3 Å². The minimum Gasteiger partial charge on any atom is -0.483 e. The number of hydrogen-bond acceptors (Lipinski definition) is 4. The molecule has 0 spiro atoms. The van der Waals surface area contributed by atoms with E-state index in [0.29, 0.717) is 33.1 Å². The summed E-state index contributed by atoms with van der Waals surface area (Å²) in [5.74, 6) is 2.51. The van der Waals surface area contributed by atoms with Crippen LogP contribution in [0.1, 0.15) is 136 Å². The number of benzene rings is 1. The second-order valence-corrected chi connectivity index (χ2v) is 17.6. The molecule has 6 rings (SSSR count). The zero-order valence-electron chi connectivity index (χ0n) is 33.4. The quantitative estimate of drug-likeness (QED) is 0.150. The Morgan fingerprint density at radius 1 is 0.900 bits per heavy atom. The number of fused-ring (bicyclic) bond motifs is 7. The van der Waals surface area contributed by atoms with Gasteiger partial charge in [0.1, 0.15) is 0 Å². The summed E-state index contributed by atoms with van der Waals surface area (Å²) >= 11 is 0. The number of hydrogen-bond donors (Lipinski definition) is 3. The highest BCUT2D eigenvalue weighted by atomic mass is 16.4. The summed E-state index contributed by atoms with van der Waals surface area (Å²) in [4.78, 5) is 21.9. The van der Waals surface area contributed by atoms with Crippen molar-refractivity contribution in [3.05, 3.63) is 54.1 Å². The molecular formula is C44H72N2O4. The van der Waals surface area contributed by atoms with Gasteiger partial charge in [-0.05, 0) is 146 Å².